The third-order valence-corrected chi connectivity index (χ3v) is 6.12. The number of amides is 3. The van der Waals surface area contributed by atoms with Gasteiger partial charge in [0.1, 0.15) is 17.7 Å². The molecule has 0 aromatic rings. The van der Waals surface area contributed by atoms with Crippen LogP contribution in [0.2, 0.25) is 0 Å². The number of piperidine rings is 1. The van der Waals surface area contributed by atoms with Gasteiger partial charge in [-0.15, -0.1) is 0 Å². The molecule has 2 aliphatic heterocycles. The van der Waals surface area contributed by atoms with Gasteiger partial charge in [-0.1, -0.05) is 20.3 Å². The first-order valence-electron chi connectivity index (χ1n) is 11.3. The number of aliphatic carboxylic acids is 1. The Morgan fingerprint density at radius 3 is 2.23 bits per heavy atom. The highest BCUT2D eigenvalue weighted by molar-refractivity contribution is 5.87. The van der Waals surface area contributed by atoms with Crippen LogP contribution < -0.4 is 5.32 Å². The van der Waals surface area contributed by atoms with E-state index in [4.69, 9.17) is 4.74 Å². The minimum absolute atomic E-state index is 0.106. The van der Waals surface area contributed by atoms with Gasteiger partial charge < -0.3 is 20.1 Å². The monoisotopic (exact) mass is 439 g/mol. The molecule has 0 aromatic heterocycles. The second-order valence-corrected chi connectivity index (χ2v) is 9.64. The number of carbonyl (C=O) groups excluding carboxylic acids is 3. The third-order valence-electron chi connectivity index (χ3n) is 6.12. The number of nitrogens with one attached hydrogen (secondary N) is 1. The molecule has 1 unspecified atom stereocenters. The van der Waals surface area contributed by atoms with Gasteiger partial charge in [-0.25, -0.2) is 9.59 Å². The van der Waals surface area contributed by atoms with Crippen LogP contribution in [0.4, 0.5) is 4.79 Å². The zero-order valence-electron chi connectivity index (χ0n) is 19.3. The number of rotatable bonds is 6. The van der Waals surface area contributed by atoms with Crippen molar-refractivity contribution in [3.8, 4) is 0 Å². The standard InChI is InChI=1S/C22H37N3O6/c1-6-14(2)17(20(28)29)23-18(26)15-9-12-24(13-10-15)19(27)16-8-7-11-25(16)21(30)31-22(3,4)5/h14-17H,6-13H2,1-5H3,(H,23,26)(H,28,29)/t14?,16-,17-/m0/s1. The fourth-order valence-corrected chi connectivity index (χ4v) is 4.09. The summed E-state index contributed by atoms with van der Waals surface area (Å²) < 4.78 is 5.44. The summed E-state index contributed by atoms with van der Waals surface area (Å²) in [5.41, 5.74) is -0.623. The van der Waals surface area contributed by atoms with E-state index < -0.39 is 29.7 Å². The molecule has 0 saturated carbocycles. The summed E-state index contributed by atoms with van der Waals surface area (Å²) in [5.74, 6) is -1.88. The minimum atomic E-state index is -1.03. The molecule has 3 atom stereocenters. The van der Waals surface area contributed by atoms with Gasteiger partial charge in [0.2, 0.25) is 11.8 Å². The van der Waals surface area contributed by atoms with Gasteiger partial charge in [0.15, 0.2) is 0 Å². The number of nitrogens with zero attached hydrogens (tertiary/aromatic N) is 2. The Hall–Kier alpha value is -2.32. The molecule has 2 saturated heterocycles. The highest BCUT2D eigenvalue weighted by Gasteiger charge is 2.40. The molecule has 2 N–H and O–H groups in total. The Labute approximate surface area is 184 Å². The smallest absolute Gasteiger partial charge is 0.410 e. The molecule has 0 aliphatic carbocycles. The van der Waals surface area contributed by atoms with Crippen molar-refractivity contribution in [1.29, 1.82) is 0 Å². The molecule has 0 spiro atoms. The molecule has 9 heteroatoms. The predicted octanol–water partition coefficient (Wildman–Crippen LogP) is 2.24. The highest BCUT2D eigenvalue weighted by atomic mass is 16.6. The molecular weight excluding hydrogens is 402 g/mol. The molecular formula is C22H37N3O6. The second-order valence-electron chi connectivity index (χ2n) is 9.64. The lowest BCUT2D eigenvalue weighted by Crippen LogP contribution is -2.53. The molecule has 9 nitrogen and oxygen atoms in total. The third kappa shape index (κ3) is 6.58. The fourth-order valence-electron chi connectivity index (χ4n) is 4.09. The molecule has 3 amide bonds. The Morgan fingerprint density at radius 2 is 1.71 bits per heavy atom. The lowest BCUT2D eigenvalue weighted by Gasteiger charge is -2.35. The molecule has 2 aliphatic rings. The van der Waals surface area contributed by atoms with E-state index in [1.165, 1.54) is 4.90 Å². The zero-order valence-corrected chi connectivity index (χ0v) is 19.3. The van der Waals surface area contributed by atoms with Crippen LogP contribution in [0.25, 0.3) is 0 Å². The lowest BCUT2D eigenvalue weighted by molar-refractivity contribution is -0.144. The summed E-state index contributed by atoms with van der Waals surface area (Å²) in [5, 5.41) is 12.1. The molecule has 2 heterocycles. The topological polar surface area (TPSA) is 116 Å². The van der Waals surface area contributed by atoms with Gasteiger partial charge in [-0.05, 0) is 52.4 Å². The molecule has 2 fully saturated rings. The summed E-state index contributed by atoms with van der Waals surface area (Å²) >= 11 is 0. The van der Waals surface area contributed by atoms with Crippen LogP contribution in [0.15, 0.2) is 0 Å². The van der Waals surface area contributed by atoms with Gasteiger partial charge in [0.05, 0.1) is 0 Å². The molecule has 0 aromatic carbocycles. The molecule has 31 heavy (non-hydrogen) atoms. The van der Waals surface area contributed by atoms with Gasteiger partial charge >= 0.3 is 12.1 Å². The van der Waals surface area contributed by atoms with E-state index in [0.29, 0.717) is 45.3 Å². The van der Waals surface area contributed by atoms with E-state index in [9.17, 15) is 24.3 Å². The van der Waals surface area contributed by atoms with Crippen LogP contribution in [0.3, 0.4) is 0 Å². The van der Waals surface area contributed by atoms with Crippen LogP contribution in [-0.2, 0) is 19.1 Å². The van der Waals surface area contributed by atoms with Gasteiger partial charge in [0.25, 0.3) is 0 Å². The zero-order chi connectivity index (χ0) is 23.3. The first kappa shape index (κ1) is 24.9. The number of hydrogen-bond acceptors (Lipinski definition) is 5. The lowest BCUT2D eigenvalue weighted by atomic mass is 9.93. The summed E-state index contributed by atoms with van der Waals surface area (Å²) in [6, 6.07) is -1.43. The molecule has 2 rings (SSSR count). The number of carboxylic acids is 1. The van der Waals surface area contributed by atoms with Gasteiger partial charge in [-0.3, -0.25) is 14.5 Å². The fraction of sp³-hybridized carbons (Fsp3) is 0.818. The Morgan fingerprint density at radius 1 is 1.10 bits per heavy atom. The Kier molecular flexibility index (Phi) is 8.31. The summed E-state index contributed by atoms with van der Waals surface area (Å²) in [6.45, 7) is 10.4. The van der Waals surface area contributed by atoms with Crippen molar-refractivity contribution in [2.45, 2.75) is 84.4 Å². The van der Waals surface area contributed by atoms with E-state index in [-0.39, 0.29) is 23.7 Å². The average Bonchev–Trinajstić information content (AvgIpc) is 3.19. The number of ether oxygens (including phenoxy) is 1. The van der Waals surface area contributed by atoms with Crippen molar-refractivity contribution in [1.82, 2.24) is 15.1 Å². The van der Waals surface area contributed by atoms with E-state index in [1.54, 1.807) is 32.6 Å². The van der Waals surface area contributed by atoms with Crippen molar-refractivity contribution in [2.24, 2.45) is 11.8 Å². The van der Waals surface area contributed by atoms with E-state index in [1.807, 2.05) is 6.92 Å². The maximum absolute atomic E-state index is 13.1. The van der Waals surface area contributed by atoms with Crippen LogP contribution in [0.5, 0.6) is 0 Å². The highest BCUT2D eigenvalue weighted by Crippen LogP contribution is 2.25. The number of carboxylic acid groups (broad SMARTS) is 1. The first-order valence-corrected chi connectivity index (χ1v) is 11.3. The summed E-state index contributed by atoms with van der Waals surface area (Å²) in [6.07, 6.45) is 2.49. The van der Waals surface area contributed by atoms with E-state index >= 15 is 0 Å². The summed E-state index contributed by atoms with van der Waals surface area (Å²) in [4.78, 5) is 52.8. The van der Waals surface area contributed by atoms with Crippen molar-refractivity contribution in [2.75, 3.05) is 19.6 Å². The van der Waals surface area contributed by atoms with Crippen LogP contribution in [0, 0.1) is 11.8 Å². The minimum Gasteiger partial charge on any atom is -0.480 e. The second kappa shape index (κ2) is 10.3. The largest absolute Gasteiger partial charge is 0.480 e. The maximum Gasteiger partial charge on any atom is 0.410 e. The average molecular weight is 440 g/mol. The quantitative estimate of drug-likeness (QED) is 0.656. The molecule has 0 radical (unpaired) electrons. The van der Waals surface area contributed by atoms with Gasteiger partial charge in [0, 0.05) is 25.6 Å². The van der Waals surface area contributed by atoms with Gasteiger partial charge in [-0.2, -0.15) is 0 Å². The van der Waals surface area contributed by atoms with Crippen LogP contribution >= 0.6 is 0 Å². The number of carbonyl (C=O) groups is 4. The number of hydrogen-bond donors (Lipinski definition) is 2. The molecule has 0 bridgehead atoms. The number of likely N-dealkylation sites (tertiary alicyclic amines) is 2. The van der Waals surface area contributed by atoms with Crippen LogP contribution in [0.1, 0.15) is 66.7 Å². The van der Waals surface area contributed by atoms with Crippen molar-refractivity contribution in [3.05, 3.63) is 0 Å². The SMILES string of the molecule is CCC(C)[C@H](NC(=O)C1CCN(C(=O)[C@@H]2CCCN2C(=O)OC(C)(C)C)CC1)C(=O)O. The normalized spacial score (nSPS) is 22.0. The Balaban J connectivity index is 1.91. The van der Waals surface area contributed by atoms with Crippen LogP contribution in [-0.4, -0.2) is 76.1 Å². The van der Waals surface area contributed by atoms with Crippen molar-refractivity contribution < 1.29 is 29.0 Å². The summed E-state index contributed by atoms with van der Waals surface area (Å²) in [7, 11) is 0. The van der Waals surface area contributed by atoms with E-state index in [2.05, 4.69) is 5.32 Å². The maximum atomic E-state index is 13.1. The van der Waals surface area contributed by atoms with Crippen molar-refractivity contribution in [3.63, 3.8) is 0 Å². The van der Waals surface area contributed by atoms with E-state index in [0.717, 1.165) is 6.42 Å². The molecule has 176 valence electrons. The Bertz CT molecular complexity index is 681. The first-order chi connectivity index (χ1) is 14.4. The predicted molar refractivity (Wildman–Crippen MR) is 114 cm³/mol. The van der Waals surface area contributed by atoms with Crippen molar-refractivity contribution >= 4 is 23.9 Å².